The maximum Gasteiger partial charge on any atom is 0.253 e. The van der Waals surface area contributed by atoms with Crippen LogP contribution >= 0.6 is 0 Å². The van der Waals surface area contributed by atoms with Gasteiger partial charge in [0, 0.05) is 12.5 Å². The molecule has 0 saturated carbocycles. The van der Waals surface area contributed by atoms with E-state index in [9.17, 15) is 9.59 Å². The van der Waals surface area contributed by atoms with Crippen molar-refractivity contribution in [2.75, 3.05) is 6.54 Å². The van der Waals surface area contributed by atoms with Crippen LogP contribution in [0.15, 0.2) is 59.7 Å². The first kappa shape index (κ1) is 17.9. The van der Waals surface area contributed by atoms with Crippen molar-refractivity contribution < 1.29 is 9.59 Å². The molecule has 5 nitrogen and oxygen atoms in total. The molecule has 0 aromatic heterocycles. The summed E-state index contributed by atoms with van der Waals surface area (Å²) in [4.78, 5) is 24.6. The molecule has 1 fully saturated rings. The van der Waals surface area contributed by atoms with Crippen molar-refractivity contribution in [3.05, 3.63) is 71.3 Å². The largest absolute Gasteiger partial charge is 0.355 e. The van der Waals surface area contributed by atoms with Crippen LogP contribution in [0.25, 0.3) is 0 Å². The van der Waals surface area contributed by atoms with Crippen molar-refractivity contribution in [1.29, 1.82) is 0 Å². The highest BCUT2D eigenvalue weighted by atomic mass is 16.2. The highest BCUT2D eigenvalue weighted by Gasteiger charge is 2.40. The quantitative estimate of drug-likeness (QED) is 0.495. The molecular formula is C21H23N3O2. The second-order valence-electron chi connectivity index (χ2n) is 6.80. The van der Waals surface area contributed by atoms with Gasteiger partial charge in [-0.25, -0.2) is 5.43 Å². The lowest BCUT2D eigenvalue weighted by Gasteiger charge is -2.15. The van der Waals surface area contributed by atoms with Crippen LogP contribution in [0.3, 0.4) is 0 Å². The van der Waals surface area contributed by atoms with Gasteiger partial charge in [0.05, 0.1) is 6.21 Å². The molecule has 3 rings (SSSR count). The Labute approximate surface area is 153 Å². The Morgan fingerprint density at radius 3 is 2.50 bits per heavy atom. The van der Waals surface area contributed by atoms with Crippen molar-refractivity contribution in [2.45, 2.75) is 25.7 Å². The van der Waals surface area contributed by atoms with E-state index in [1.54, 1.807) is 6.21 Å². The van der Waals surface area contributed by atoms with Crippen molar-refractivity contribution in [3.8, 4) is 0 Å². The minimum absolute atomic E-state index is 0.177. The van der Waals surface area contributed by atoms with Crippen LogP contribution in [-0.4, -0.2) is 24.6 Å². The van der Waals surface area contributed by atoms with E-state index in [4.69, 9.17) is 0 Å². The van der Waals surface area contributed by atoms with Gasteiger partial charge >= 0.3 is 0 Å². The summed E-state index contributed by atoms with van der Waals surface area (Å²) in [6, 6.07) is 17.6. The van der Waals surface area contributed by atoms with E-state index in [0.29, 0.717) is 12.5 Å². The molecule has 2 aromatic rings. The number of hydrogen-bond acceptors (Lipinski definition) is 3. The molecule has 1 aliphatic heterocycles. The third-order valence-electron chi connectivity index (χ3n) is 4.68. The minimum Gasteiger partial charge on any atom is -0.355 e. The normalized spacial score (nSPS) is 19.7. The van der Waals surface area contributed by atoms with Crippen molar-refractivity contribution in [1.82, 2.24) is 10.7 Å². The Kier molecular flexibility index (Phi) is 5.46. The smallest absolute Gasteiger partial charge is 0.253 e. The van der Waals surface area contributed by atoms with Gasteiger partial charge in [-0.1, -0.05) is 68.4 Å². The van der Waals surface area contributed by atoms with Gasteiger partial charge in [-0.15, -0.1) is 0 Å². The number of nitrogens with one attached hydrogen (secondary N) is 2. The summed E-state index contributed by atoms with van der Waals surface area (Å²) in [5.41, 5.74) is 5.63. The van der Waals surface area contributed by atoms with Crippen molar-refractivity contribution in [3.63, 3.8) is 0 Å². The van der Waals surface area contributed by atoms with E-state index >= 15 is 0 Å². The predicted octanol–water partition coefficient (Wildman–Crippen LogP) is 2.79. The fraction of sp³-hybridized carbons (Fsp3) is 0.286. The Balaban J connectivity index is 1.65. The summed E-state index contributed by atoms with van der Waals surface area (Å²) in [6.07, 6.45) is 1.59. The summed E-state index contributed by atoms with van der Waals surface area (Å²) in [5.74, 6) is -1.12. The maximum atomic E-state index is 12.5. The molecule has 134 valence electrons. The zero-order valence-corrected chi connectivity index (χ0v) is 15.0. The first-order chi connectivity index (χ1) is 12.6. The zero-order chi connectivity index (χ0) is 18.5. The monoisotopic (exact) mass is 349 g/mol. The van der Waals surface area contributed by atoms with Gasteiger partial charge in [0.15, 0.2) is 0 Å². The average molecular weight is 349 g/mol. The van der Waals surface area contributed by atoms with E-state index in [1.165, 1.54) is 5.56 Å². The van der Waals surface area contributed by atoms with E-state index in [2.05, 4.69) is 29.7 Å². The van der Waals surface area contributed by atoms with Gasteiger partial charge in [0.1, 0.15) is 5.92 Å². The van der Waals surface area contributed by atoms with Crippen LogP contribution in [0, 0.1) is 5.92 Å². The van der Waals surface area contributed by atoms with Gasteiger partial charge in [-0.3, -0.25) is 9.59 Å². The summed E-state index contributed by atoms with van der Waals surface area (Å²) >= 11 is 0. The highest BCUT2D eigenvalue weighted by Crippen LogP contribution is 2.28. The fourth-order valence-electron chi connectivity index (χ4n) is 3.14. The van der Waals surface area contributed by atoms with E-state index in [0.717, 1.165) is 11.1 Å². The third-order valence-corrected chi connectivity index (χ3v) is 4.68. The minimum atomic E-state index is -0.766. The number of carbonyl (C=O) groups excluding carboxylic acids is 2. The van der Waals surface area contributed by atoms with Gasteiger partial charge in [-0.05, 0) is 22.6 Å². The molecule has 0 bridgehead atoms. The van der Waals surface area contributed by atoms with E-state index < -0.39 is 5.92 Å². The number of rotatable bonds is 5. The Morgan fingerprint density at radius 2 is 1.85 bits per heavy atom. The van der Waals surface area contributed by atoms with E-state index in [1.807, 2.05) is 54.6 Å². The molecule has 1 saturated heterocycles. The Bertz CT molecular complexity index is 798. The lowest BCUT2D eigenvalue weighted by molar-refractivity contribution is -0.133. The zero-order valence-electron chi connectivity index (χ0n) is 15.0. The van der Waals surface area contributed by atoms with Gasteiger partial charge in [0.25, 0.3) is 5.91 Å². The maximum absolute atomic E-state index is 12.5. The molecule has 2 N–H and O–H groups in total. The number of amides is 2. The first-order valence-electron chi connectivity index (χ1n) is 8.82. The molecule has 2 atom stereocenters. The van der Waals surface area contributed by atoms with Crippen LogP contribution in [0.1, 0.15) is 42.4 Å². The van der Waals surface area contributed by atoms with Crippen molar-refractivity contribution >= 4 is 18.0 Å². The van der Waals surface area contributed by atoms with Gasteiger partial charge in [-0.2, -0.15) is 5.10 Å². The standard InChI is InChI=1S/C21H23N3O2/c1-14(2)16-10-8-15(9-11-16)12-23-24-21(26)19-18(13-22-20(19)25)17-6-4-3-5-7-17/h3-12,14,18-19H,13H2,1-2H3,(H,22,25)(H,24,26)/b23-12+/t18-,19+/m1/s1. The average Bonchev–Trinajstić information content (AvgIpc) is 3.04. The fourth-order valence-corrected chi connectivity index (χ4v) is 3.14. The second-order valence-corrected chi connectivity index (χ2v) is 6.80. The van der Waals surface area contributed by atoms with Crippen molar-refractivity contribution in [2.24, 2.45) is 11.0 Å². The first-order valence-corrected chi connectivity index (χ1v) is 8.82. The number of nitrogens with zero attached hydrogens (tertiary/aromatic N) is 1. The lowest BCUT2D eigenvalue weighted by Crippen LogP contribution is -2.34. The third kappa shape index (κ3) is 3.99. The number of carbonyl (C=O) groups is 2. The molecule has 5 heteroatoms. The SMILES string of the molecule is CC(C)c1ccc(/C=N/NC(=O)[C@@H]2C(=O)NC[C@@H]2c2ccccc2)cc1. The Morgan fingerprint density at radius 1 is 1.15 bits per heavy atom. The van der Waals surface area contributed by atoms with Crippen LogP contribution in [0.4, 0.5) is 0 Å². The number of hydrogen-bond donors (Lipinski definition) is 2. The van der Waals surface area contributed by atoms with Gasteiger partial charge in [0.2, 0.25) is 5.91 Å². The van der Waals surface area contributed by atoms with Crippen LogP contribution in [-0.2, 0) is 9.59 Å². The molecule has 0 spiro atoms. The molecule has 2 amide bonds. The summed E-state index contributed by atoms with van der Waals surface area (Å²) < 4.78 is 0. The molecule has 2 aromatic carbocycles. The molecule has 26 heavy (non-hydrogen) atoms. The molecule has 1 aliphatic rings. The summed E-state index contributed by atoms with van der Waals surface area (Å²) in [7, 11) is 0. The second kappa shape index (κ2) is 7.95. The predicted molar refractivity (Wildman–Crippen MR) is 102 cm³/mol. The summed E-state index contributed by atoms with van der Waals surface area (Å²) in [5, 5.41) is 6.79. The topological polar surface area (TPSA) is 70.6 Å². The van der Waals surface area contributed by atoms with Gasteiger partial charge < -0.3 is 5.32 Å². The number of benzene rings is 2. The molecule has 0 unspecified atom stereocenters. The lowest BCUT2D eigenvalue weighted by atomic mass is 9.88. The molecule has 0 radical (unpaired) electrons. The summed E-state index contributed by atoms with van der Waals surface area (Å²) in [6.45, 7) is 4.74. The Hall–Kier alpha value is -2.95. The highest BCUT2D eigenvalue weighted by molar-refractivity contribution is 6.03. The van der Waals surface area contributed by atoms with Crippen LogP contribution in [0.2, 0.25) is 0 Å². The molecular weight excluding hydrogens is 326 g/mol. The van der Waals surface area contributed by atoms with E-state index in [-0.39, 0.29) is 17.7 Å². The van der Waals surface area contributed by atoms with Crippen LogP contribution < -0.4 is 10.7 Å². The molecule has 1 heterocycles. The number of hydrazone groups is 1. The molecule has 0 aliphatic carbocycles. The van der Waals surface area contributed by atoms with Crippen LogP contribution in [0.5, 0.6) is 0 Å².